The topological polar surface area (TPSA) is 29.1 Å². The number of unbranched alkanes of at least 4 members (excludes halogenated alkanes) is 8. The second kappa shape index (κ2) is 11.6. The van der Waals surface area contributed by atoms with Gasteiger partial charge in [-0.05, 0) is 6.42 Å². The molecule has 0 aromatic rings. The lowest BCUT2D eigenvalue weighted by atomic mass is 10.1. The number of carbonyl (C=O) groups excluding carboxylic acids is 1. The Morgan fingerprint density at radius 1 is 0.947 bits per heavy atom. The van der Waals surface area contributed by atoms with Crippen molar-refractivity contribution in [3.05, 3.63) is 0 Å². The summed E-state index contributed by atoms with van der Waals surface area (Å²) < 4.78 is -0.206. The van der Waals surface area contributed by atoms with E-state index in [0.29, 0.717) is 6.42 Å². The summed E-state index contributed by atoms with van der Waals surface area (Å²) in [6, 6.07) is 0. The van der Waals surface area contributed by atoms with Gasteiger partial charge in [-0.1, -0.05) is 72.1 Å². The van der Waals surface area contributed by atoms with Gasteiger partial charge in [-0.25, -0.2) is 0 Å². The number of thiol groups is 1. The molecule has 0 fully saturated rings. The maximum atomic E-state index is 11.5. The van der Waals surface area contributed by atoms with Crippen molar-refractivity contribution in [2.75, 3.05) is 6.54 Å². The number of carbonyl (C=O) groups is 1. The van der Waals surface area contributed by atoms with Crippen LogP contribution in [0.15, 0.2) is 0 Å². The van der Waals surface area contributed by atoms with E-state index in [9.17, 15) is 4.79 Å². The summed E-state index contributed by atoms with van der Waals surface area (Å²) in [4.78, 5) is 11.5. The van der Waals surface area contributed by atoms with Gasteiger partial charge >= 0.3 is 0 Å². The van der Waals surface area contributed by atoms with Gasteiger partial charge < -0.3 is 5.32 Å². The lowest BCUT2D eigenvalue weighted by molar-refractivity contribution is -0.121. The number of hydrogen-bond acceptors (Lipinski definition) is 2. The molecule has 0 bridgehead atoms. The molecule has 0 aliphatic carbocycles. The van der Waals surface area contributed by atoms with Crippen molar-refractivity contribution in [1.82, 2.24) is 5.32 Å². The normalized spacial score (nSPS) is 11.6. The summed E-state index contributed by atoms with van der Waals surface area (Å²) in [7, 11) is 0. The highest BCUT2D eigenvalue weighted by atomic mass is 32.1. The maximum absolute atomic E-state index is 11.5. The van der Waals surface area contributed by atoms with Crippen LogP contribution in [0, 0.1) is 0 Å². The van der Waals surface area contributed by atoms with Crippen LogP contribution in [0.3, 0.4) is 0 Å². The van der Waals surface area contributed by atoms with E-state index >= 15 is 0 Å². The predicted molar refractivity (Wildman–Crippen MR) is 87.9 cm³/mol. The zero-order chi connectivity index (χ0) is 14.6. The van der Waals surface area contributed by atoms with Crippen molar-refractivity contribution < 1.29 is 4.79 Å². The molecule has 1 amide bonds. The van der Waals surface area contributed by atoms with E-state index in [-0.39, 0.29) is 10.7 Å². The fraction of sp³-hybridized carbons (Fsp3) is 0.938. The van der Waals surface area contributed by atoms with Gasteiger partial charge in [-0.2, -0.15) is 12.6 Å². The molecule has 0 spiro atoms. The van der Waals surface area contributed by atoms with Gasteiger partial charge in [0.15, 0.2) is 0 Å². The van der Waals surface area contributed by atoms with E-state index in [2.05, 4.69) is 24.9 Å². The summed E-state index contributed by atoms with van der Waals surface area (Å²) in [5, 5.41) is 2.97. The Morgan fingerprint density at radius 3 is 1.89 bits per heavy atom. The van der Waals surface area contributed by atoms with Crippen molar-refractivity contribution in [2.45, 2.75) is 89.7 Å². The van der Waals surface area contributed by atoms with Gasteiger partial charge in [-0.15, -0.1) is 0 Å². The Morgan fingerprint density at radius 2 is 1.42 bits per heavy atom. The molecule has 1 N–H and O–H groups in total. The average molecular weight is 288 g/mol. The predicted octanol–water partition coefficient (Wildman–Crippen LogP) is 4.73. The van der Waals surface area contributed by atoms with Crippen LogP contribution in [0.2, 0.25) is 0 Å². The second-order valence-electron chi connectivity index (χ2n) is 6.17. The Labute approximate surface area is 125 Å². The van der Waals surface area contributed by atoms with E-state index in [1.54, 1.807) is 0 Å². The third-order valence-electron chi connectivity index (χ3n) is 3.20. The van der Waals surface area contributed by atoms with Crippen molar-refractivity contribution in [1.29, 1.82) is 0 Å². The summed E-state index contributed by atoms with van der Waals surface area (Å²) in [6.45, 7) is 7.00. The summed E-state index contributed by atoms with van der Waals surface area (Å²) in [6.07, 6.45) is 12.4. The zero-order valence-corrected chi connectivity index (χ0v) is 14.0. The van der Waals surface area contributed by atoms with E-state index in [4.69, 9.17) is 0 Å². The van der Waals surface area contributed by atoms with Crippen LogP contribution in [0.25, 0.3) is 0 Å². The first kappa shape index (κ1) is 18.8. The quantitative estimate of drug-likeness (QED) is 0.394. The Bertz CT molecular complexity index is 223. The third kappa shape index (κ3) is 15.8. The van der Waals surface area contributed by atoms with Crippen LogP contribution in [0.4, 0.5) is 0 Å². The maximum Gasteiger partial charge on any atom is 0.221 e. The van der Waals surface area contributed by atoms with Crippen molar-refractivity contribution in [2.24, 2.45) is 0 Å². The number of rotatable bonds is 12. The first-order valence-electron chi connectivity index (χ1n) is 7.95. The van der Waals surface area contributed by atoms with Gasteiger partial charge in [0.2, 0.25) is 5.91 Å². The van der Waals surface area contributed by atoms with Gasteiger partial charge in [0, 0.05) is 17.7 Å². The molecular weight excluding hydrogens is 254 g/mol. The highest BCUT2D eigenvalue weighted by Crippen LogP contribution is 2.16. The minimum absolute atomic E-state index is 0.125. The summed E-state index contributed by atoms with van der Waals surface area (Å²) >= 11 is 4.36. The molecule has 3 heteroatoms. The molecule has 0 aromatic carbocycles. The highest BCUT2D eigenvalue weighted by molar-refractivity contribution is 7.81. The first-order chi connectivity index (χ1) is 8.95. The smallest absolute Gasteiger partial charge is 0.221 e. The van der Waals surface area contributed by atoms with Crippen molar-refractivity contribution >= 4 is 18.5 Å². The van der Waals surface area contributed by atoms with E-state index in [1.165, 1.54) is 51.4 Å². The van der Waals surface area contributed by atoms with Crippen molar-refractivity contribution in [3.63, 3.8) is 0 Å². The minimum Gasteiger partial charge on any atom is -0.356 e. The molecule has 0 heterocycles. The first-order valence-corrected chi connectivity index (χ1v) is 8.39. The second-order valence-corrected chi connectivity index (χ2v) is 7.38. The summed E-state index contributed by atoms with van der Waals surface area (Å²) in [5.41, 5.74) is 0. The average Bonchev–Trinajstić information content (AvgIpc) is 2.29. The summed E-state index contributed by atoms with van der Waals surface area (Å²) in [5.74, 6) is 0.125. The van der Waals surface area contributed by atoms with Gasteiger partial charge in [0.05, 0.1) is 0 Å². The SMILES string of the molecule is CCCCCCCCCCCNC(=O)CC(C)(C)S. The van der Waals surface area contributed by atoms with Crippen LogP contribution in [0.5, 0.6) is 0 Å². The molecule has 0 aromatic heterocycles. The van der Waals surface area contributed by atoms with Crippen LogP contribution >= 0.6 is 12.6 Å². The lowest BCUT2D eigenvalue weighted by Gasteiger charge is -2.16. The Balaban J connectivity index is 3.21. The molecular formula is C16H33NOS. The standard InChI is InChI=1S/C16H33NOS/c1-4-5-6-7-8-9-10-11-12-13-17-15(18)14-16(2,3)19/h19H,4-14H2,1-3H3,(H,17,18). The zero-order valence-electron chi connectivity index (χ0n) is 13.1. The number of amides is 1. The largest absolute Gasteiger partial charge is 0.356 e. The highest BCUT2D eigenvalue weighted by Gasteiger charge is 2.16. The molecule has 19 heavy (non-hydrogen) atoms. The molecule has 0 rings (SSSR count). The molecule has 0 atom stereocenters. The molecule has 2 nitrogen and oxygen atoms in total. The molecule has 114 valence electrons. The Kier molecular flexibility index (Phi) is 11.5. The number of nitrogens with one attached hydrogen (secondary N) is 1. The van der Waals surface area contributed by atoms with Crippen LogP contribution < -0.4 is 5.32 Å². The molecule has 0 aliphatic rings. The number of hydrogen-bond donors (Lipinski definition) is 2. The van der Waals surface area contributed by atoms with Crippen LogP contribution in [-0.2, 0) is 4.79 Å². The molecule has 0 unspecified atom stereocenters. The fourth-order valence-electron chi connectivity index (χ4n) is 2.12. The molecule has 0 radical (unpaired) electrons. The van der Waals surface area contributed by atoms with E-state index in [0.717, 1.165) is 13.0 Å². The molecule has 0 aliphatic heterocycles. The van der Waals surface area contributed by atoms with Gasteiger partial charge in [0.1, 0.15) is 0 Å². The monoisotopic (exact) mass is 287 g/mol. The lowest BCUT2D eigenvalue weighted by Crippen LogP contribution is -2.29. The Hall–Kier alpha value is -0.180. The fourth-order valence-corrected chi connectivity index (χ4v) is 2.26. The van der Waals surface area contributed by atoms with Crippen LogP contribution in [0.1, 0.15) is 85.0 Å². The van der Waals surface area contributed by atoms with Crippen molar-refractivity contribution in [3.8, 4) is 0 Å². The van der Waals surface area contributed by atoms with Crippen LogP contribution in [-0.4, -0.2) is 17.2 Å². The minimum atomic E-state index is -0.206. The van der Waals surface area contributed by atoms with Gasteiger partial charge in [-0.3, -0.25) is 4.79 Å². The molecule has 0 saturated heterocycles. The van der Waals surface area contributed by atoms with E-state index in [1.807, 2.05) is 13.8 Å². The van der Waals surface area contributed by atoms with Gasteiger partial charge in [0.25, 0.3) is 0 Å². The molecule has 0 saturated carbocycles. The van der Waals surface area contributed by atoms with E-state index < -0.39 is 0 Å². The third-order valence-corrected chi connectivity index (χ3v) is 3.35.